The number of benzene rings is 2. The van der Waals surface area contributed by atoms with Gasteiger partial charge in [-0.3, -0.25) is 4.79 Å². The Kier molecular flexibility index (Phi) is 7.33. The summed E-state index contributed by atoms with van der Waals surface area (Å²) in [6, 6.07) is 17.6. The quantitative estimate of drug-likeness (QED) is 0.707. The number of hydrogen-bond acceptors (Lipinski definition) is 3. The number of nitrogens with one attached hydrogen (secondary N) is 1. The summed E-state index contributed by atoms with van der Waals surface area (Å²) in [5.41, 5.74) is 1.11. The molecular formula is C17H18BrNO2S. The molecule has 0 bridgehead atoms. The molecule has 1 N–H and O–H groups in total. The first-order valence-electron chi connectivity index (χ1n) is 7.01. The van der Waals surface area contributed by atoms with Crippen LogP contribution in [0.1, 0.15) is 5.56 Å². The van der Waals surface area contributed by atoms with Crippen LogP contribution in [-0.2, 0) is 11.3 Å². The lowest BCUT2D eigenvalue weighted by atomic mass is 10.2. The minimum atomic E-state index is 0.0532. The minimum Gasteiger partial charge on any atom is -0.493 e. The van der Waals surface area contributed by atoms with Crippen LogP contribution in [0.4, 0.5) is 0 Å². The van der Waals surface area contributed by atoms with Gasteiger partial charge in [0.05, 0.1) is 12.4 Å². The lowest BCUT2D eigenvalue weighted by molar-refractivity contribution is -0.118. The van der Waals surface area contributed by atoms with E-state index in [-0.39, 0.29) is 5.91 Å². The van der Waals surface area contributed by atoms with Gasteiger partial charge in [0, 0.05) is 16.8 Å². The average Bonchev–Trinajstić information content (AvgIpc) is 2.55. The van der Waals surface area contributed by atoms with Gasteiger partial charge >= 0.3 is 0 Å². The molecule has 0 aliphatic heterocycles. The molecule has 0 atom stereocenters. The second-order valence-corrected chi connectivity index (χ2v) is 6.64. The fraction of sp³-hybridized carbons (Fsp3) is 0.235. The topological polar surface area (TPSA) is 38.3 Å². The van der Waals surface area contributed by atoms with Crippen LogP contribution in [0, 0.1) is 0 Å². The third kappa shape index (κ3) is 6.54. The Balaban J connectivity index is 1.54. The van der Waals surface area contributed by atoms with Crippen molar-refractivity contribution >= 4 is 33.6 Å². The molecule has 0 saturated heterocycles. The van der Waals surface area contributed by atoms with Crippen molar-refractivity contribution in [3.05, 3.63) is 64.6 Å². The van der Waals surface area contributed by atoms with E-state index in [2.05, 4.69) is 21.2 Å². The molecule has 0 radical (unpaired) electrons. The Bertz CT molecular complexity index is 575. The van der Waals surface area contributed by atoms with Crippen molar-refractivity contribution < 1.29 is 9.53 Å². The van der Waals surface area contributed by atoms with Crippen LogP contribution in [0.3, 0.4) is 0 Å². The number of rotatable bonds is 8. The van der Waals surface area contributed by atoms with E-state index in [1.54, 1.807) is 11.8 Å². The van der Waals surface area contributed by atoms with Gasteiger partial charge in [-0.2, -0.15) is 0 Å². The van der Waals surface area contributed by atoms with Crippen molar-refractivity contribution in [2.45, 2.75) is 6.54 Å². The van der Waals surface area contributed by atoms with E-state index in [9.17, 15) is 4.79 Å². The highest BCUT2D eigenvalue weighted by Gasteiger charge is 2.01. The largest absolute Gasteiger partial charge is 0.493 e. The van der Waals surface area contributed by atoms with Gasteiger partial charge in [-0.25, -0.2) is 0 Å². The number of amides is 1. The second kappa shape index (κ2) is 9.54. The van der Waals surface area contributed by atoms with Crippen molar-refractivity contribution in [1.82, 2.24) is 5.32 Å². The highest BCUT2D eigenvalue weighted by molar-refractivity contribution is 9.10. The molecule has 116 valence electrons. The van der Waals surface area contributed by atoms with Gasteiger partial charge < -0.3 is 10.1 Å². The van der Waals surface area contributed by atoms with E-state index in [0.29, 0.717) is 18.9 Å². The van der Waals surface area contributed by atoms with Crippen molar-refractivity contribution in [2.24, 2.45) is 0 Å². The molecule has 1 amide bonds. The highest BCUT2D eigenvalue weighted by Crippen LogP contribution is 2.16. The summed E-state index contributed by atoms with van der Waals surface area (Å²) in [6.45, 7) is 1.17. The van der Waals surface area contributed by atoms with Crippen LogP contribution in [0.5, 0.6) is 5.75 Å². The maximum absolute atomic E-state index is 11.7. The molecule has 0 heterocycles. The van der Waals surface area contributed by atoms with E-state index >= 15 is 0 Å². The number of halogens is 1. The molecule has 0 spiro atoms. The van der Waals surface area contributed by atoms with E-state index in [1.165, 1.54) is 0 Å². The lowest BCUT2D eigenvalue weighted by Gasteiger charge is -2.07. The molecule has 2 aromatic rings. The third-order valence-corrected chi connectivity index (χ3v) is 4.33. The molecule has 3 nitrogen and oxygen atoms in total. The predicted octanol–water partition coefficient (Wildman–Crippen LogP) is 3.88. The zero-order chi connectivity index (χ0) is 15.6. The SMILES string of the molecule is O=C(CSCCOc1ccc(Br)cc1)NCc1ccccc1. The summed E-state index contributed by atoms with van der Waals surface area (Å²) in [5, 5.41) is 2.91. The molecule has 0 aromatic heterocycles. The third-order valence-electron chi connectivity index (χ3n) is 2.88. The number of thioether (sulfide) groups is 1. The second-order valence-electron chi connectivity index (χ2n) is 4.62. The zero-order valence-electron chi connectivity index (χ0n) is 12.1. The van der Waals surface area contributed by atoms with Crippen molar-refractivity contribution in [3.63, 3.8) is 0 Å². The van der Waals surface area contributed by atoms with Gasteiger partial charge in [0.15, 0.2) is 0 Å². The molecule has 2 aromatic carbocycles. The number of carbonyl (C=O) groups is 1. The van der Waals surface area contributed by atoms with Crippen LogP contribution in [0.2, 0.25) is 0 Å². The molecule has 2 rings (SSSR count). The minimum absolute atomic E-state index is 0.0532. The molecule has 0 fully saturated rings. The fourth-order valence-electron chi connectivity index (χ4n) is 1.76. The van der Waals surface area contributed by atoms with E-state index in [4.69, 9.17) is 4.74 Å². The molecule has 0 aliphatic rings. The van der Waals surface area contributed by atoms with Gasteiger partial charge in [-0.15, -0.1) is 11.8 Å². The molecule has 5 heteroatoms. The average molecular weight is 380 g/mol. The Morgan fingerprint density at radius 1 is 1.09 bits per heavy atom. The molecule has 22 heavy (non-hydrogen) atoms. The maximum Gasteiger partial charge on any atom is 0.230 e. The van der Waals surface area contributed by atoms with Gasteiger partial charge in [0.2, 0.25) is 5.91 Å². The molecular weight excluding hydrogens is 362 g/mol. The zero-order valence-corrected chi connectivity index (χ0v) is 14.5. The Morgan fingerprint density at radius 3 is 2.55 bits per heavy atom. The van der Waals surface area contributed by atoms with Gasteiger partial charge in [-0.1, -0.05) is 46.3 Å². The van der Waals surface area contributed by atoms with Crippen LogP contribution < -0.4 is 10.1 Å². The predicted molar refractivity (Wildman–Crippen MR) is 95.3 cm³/mol. The highest BCUT2D eigenvalue weighted by atomic mass is 79.9. The van der Waals surface area contributed by atoms with E-state index < -0.39 is 0 Å². The van der Waals surface area contributed by atoms with Crippen molar-refractivity contribution in [2.75, 3.05) is 18.1 Å². The van der Waals surface area contributed by atoms with Crippen molar-refractivity contribution in [3.8, 4) is 5.75 Å². The first-order valence-corrected chi connectivity index (χ1v) is 8.95. The van der Waals surface area contributed by atoms with E-state index in [1.807, 2.05) is 54.6 Å². The van der Waals surface area contributed by atoms with Crippen LogP contribution in [0.15, 0.2) is 59.1 Å². The Labute approximate surface area is 143 Å². The monoisotopic (exact) mass is 379 g/mol. The summed E-state index contributed by atoms with van der Waals surface area (Å²) >= 11 is 4.95. The summed E-state index contributed by atoms with van der Waals surface area (Å²) in [5.74, 6) is 2.14. The fourth-order valence-corrected chi connectivity index (χ4v) is 2.66. The Hall–Kier alpha value is -1.46. The van der Waals surface area contributed by atoms with Gasteiger partial charge in [0.1, 0.15) is 5.75 Å². The molecule has 0 unspecified atom stereocenters. The summed E-state index contributed by atoms with van der Waals surface area (Å²) < 4.78 is 6.63. The first-order chi connectivity index (χ1) is 10.7. The lowest BCUT2D eigenvalue weighted by Crippen LogP contribution is -2.24. The molecule has 0 saturated carbocycles. The van der Waals surface area contributed by atoms with Crippen LogP contribution in [0.25, 0.3) is 0 Å². The first kappa shape index (κ1) is 16.9. The van der Waals surface area contributed by atoms with Gasteiger partial charge in [0.25, 0.3) is 0 Å². The van der Waals surface area contributed by atoms with E-state index in [0.717, 1.165) is 21.5 Å². The number of ether oxygens (including phenoxy) is 1. The Morgan fingerprint density at radius 2 is 1.82 bits per heavy atom. The normalized spacial score (nSPS) is 10.2. The van der Waals surface area contributed by atoms with Crippen LogP contribution in [-0.4, -0.2) is 24.0 Å². The van der Waals surface area contributed by atoms with Crippen molar-refractivity contribution in [1.29, 1.82) is 0 Å². The smallest absolute Gasteiger partial charge is 0.230 e. The number of carbonyl (C=O) groups excluding carboxylic acids is 1. The summed E-state index contributed by atoms with van der Waals surface area (Å²) in [4.78, 5) is 11.7. The maximum atomic E-state index is 11.7. The summed E-state index contributed by atoms with van der Waals surface area (Å²) in [6.07, 6.45) is 0. The molecule has 0 aliphatic carbocycles. The van der Waals surface area contributed by atoms with Gasteiger partial charge in [-0.05, 0) is 29.8 Å². The standard InChI is InChI=1S/C17H18BrNO2S/c18-15-6-8-16(9-7-15)21-10-11-22-13-17(20)19-12-14-4-2-1-3-5-14/h1-9H,10-13H2,(H,19,20). The number of hydrogen-bond donors (Lipinski definition) is 1. The van der Waals surface area contributed by atoms with Crippen LogP contribution >= 0.6 is 27.7 Å². The summed E-state index contributed by atoms with van der Waals surface area (Å²) in [7, 11) is 0.